The number of amides is 1. The fourth-order valence-electron chi connectivity index (χ4n) is 2.54. The highest BCUT2D eigenvalue weighted by molar-refractivity contribution is 5.87. The largest absolute Gasteiger partial charge is 0.444 e. The molecule has 1 heterocycles. The molecule has 4 nitrogen and oxygen atoms in total. The van der Waals surface area contributed by atoms with Crippen LogP contribution in [0.5, 0.6) is 0 Å². The van der Waals surface area contributed by atoms with Gasteiger partial charge in [0.05, 0.1) is 17.6 Å². The molecule has 1 amide bonds. The van der Waals surface area contributed by atoms with Crippen LogP contribution in [0.2, 0.25) is 0 Å². The van der Waals surface area contributed by atoms with Gasteiger partial charge in [0.2, 0.25) is 0 Å². The van der Waals surface area contributed by atoms with Crippen molar-refractivity contribution in [2.75, 3.05) is 11.4 Å². The summed E-state index contributed by atoms with van der Waals surface area (Å²) in [6.07, 6.45) is 1.33. The number of carbonyl (C=O) groups is 1. The minimum absolute atomic E-state index is 0.256. The Bertz CT molecular complexity index is 802. The van der Waals surface area contributed by atoms with Crippen molar-refractivity contribution in [3.05, 3.63) is 84.6 Å². The maximum absolute atomic E-state index is 12.4. The van der Waals surface area contributed by atoms with Crippen LogP contribution in [0.3, 0.4) is 0 Å². The van der Waals surface area contributed by atoms with Crippen LogP contribution >= 0.6 is 0 Å². The van der Waals surface area contributed by atoms with Gasteiger partial charge in [-0.3, -0.25) is 9.88 Å². The SMILES string of the molecule is CCN(C(=O)OCc1ccccc1)c1ccc(-c2ccccc2)nc1. The summed E-state index contributed by atoms with van der Waals surface area (Å²) in [7, 11) is 0. The molecule has 0 saturated carbocycles. The van der Waals surface area contributed by atoms with E-state index in [-0.39, 0.29) is 12.7 Å². The third-order valence-electron chi connectivity index (χ3n) is 3.87. The van der Waals surface area contributed by atoms with Crippen LogP contribution in [0.4, 0.5) is 10.5 Å². The Kier molecular flexibility index (Phi) is 5.42. The number of nitrogens with zero attached hydrogens (tertiary/aromatic N) is 2. The van der Waals surface area contributed by atoms with Crippen LogP contribution in [0.1, 0.15) is 12.5 Å². The van der Waals surface area contributed by atoms with E-state index in [1.165, 1.54) is 0 Å². The fourth-order valence-corrected chi connectivity index (χ4v) is 2.54. The molecule has 0 fully saturated rings. The van der Waals surface area contributed by atoms with Gasteiger partial charge in [-0.25, -0.2) is 4.79 Å². The second kappa shape index (κ2) is 8.11. The lowest BCUT2D eigenvalue weighted by Gasteiger charge is -2.20. The number of anilines is 1. The molecule has 1 aromatic heterocycles. The molecular weight excluding hydrogens is 312 g/mol. The average molecular weight is 332 g/mol. The number of aromatic nitrogens is 1. The van der Waals surface area contributed by atoms with Crippen molar-refractivity contribution in [3.8, 4) is 11.3 Å². The van der Waals surface area contributed by atoms with Gasteiger partial charge < -0.3 is 4.74 Å². The maximum Gasteiger partial charge on any atom is 0.414 e. The average Bonchev–Trinajstić information content (AvgIpc) is 2.69. The second-order valence-corrected chi connectivity index (χ2v) is 5.55. The van der Waals surface area contributed by atoms with Crippen LogP contribution in [0.15, 0.2) is 79.0 Å². The quantitative estimate of drug-likeness (QED) is 0.666. The zero-order chi connectivity index (χ0) is 17.5. The van der Waals surface area contributed by atoms with Gasteiger partial charge in [-0.1, -0.05) is 60.7 Å². The lowest BCUT2D eigenvalue weighted by molar-refractivity contribution is 0.147. The van der Waals surface area contributed by atoms with E-state index in [1.54, 1.807) is 11.1 Å². The summed E-state index contributed by atoms with van der Waals surface area (Å²) in [6, 6.07) is 23.4. The molecule has 3 rings (SSSR count). The highest BCUT2D eigenvalue weighted by Gasteiger charge is 2.16. The Balaban J connectivity index is 1.69. The van der Waals surface area contributed by atoms with Gasteiger partial charge in [0.1, 0.15) is 6.61 Å². The van der Waals surface area contributed by atoms with E-state index in [1.807, 2.05) is 79.7 Å². The number of hydrogen-bond donors (Lipinski definition) is 0. The van der Waals surface area contributed by atoms with Crippen molar-refractivity contribution in [1.29, 1.82) is 0 Å². The van der Waals surface area contributed by atoms with Crippen molar-refractivity contribution in [2.45, 2.75) is 13.5 Å². The molecule has 0 N–H and O–H groups in total. The van der Waals surface area contributed by atoms with E-state index < -0.39 is 0 Å². The van der Waals surface area contributed by atoms with Gasteiger partial charge in [-0.15, -0.1) is 0 Å². The van der Waals surface area contributed by atoms with E-state index in [9.17, 15) is 4.79 Å². The fraction of sp³-hybridized carbons (Fsp3) is 0.143. The molecule has 0 spiro atoms. The Morgan fingerprint density at radius 2 is 1.64 bits per heavy atom. The zero-order valence-corrected chi connectivity index (χ0v) is 14.1. The zero-order valence-electron chi connectivity index (χ0n) is 14.1. The van der Waals surface area contributed by atoms with Crippen molar-refractivity contribution in [1.82, 2.24) is 4.98 Å². The molecule has 0 bridgehead atoms. The summed E-state index contributed by atoms with van der Waals surface area (Å²) >= 11 is 0. The van der Waals surface area contributed by atoms with Gasteiger partial charge >= 0.3 is 6.09 Å². The molecule has 0 aliphatic carbocycles. The Morgan fingerprint density at radius 1 is 0.960 bits per heavy atom. The first-order chi connectivity index (χ1) is 12.3. The molecule has 0 aliphatic heterocycles. The summed E-state index contributed by atoms with van der Waals surface area (Å²) in [5.74, 6) is 0. The maximum atomic E-state index is 12.4. The molecule has 126 valence electrons. The highest BCUT2D eigenvalue weighted by Crippen LogP contribution is 2.21. The molecule has 0 radical (unpaired) electrons. The van der Waals surface area contributed by atoms with Crippen molar-refractivity contribution < 1.29 is 9.53 Å². The Hall–Kier alpha value is -3.14. The highest BCUT2D eigenvalue weighted by atomic mass is 16.6. The van der Waals surface area contributed by atoms with Crippen LogP contribution in [0, 0.1) is 0 Å². The van der Waals surface area contributed by atoms with E-state index in [0.29, 0.717) is 6.54 Å². The van der Waals surface area contributed by atoms with Gasteiger partial charge in [-0.2, -0.15) is 0 Å². The number of hydrogen-bond acceptors (Lipinski definition) is 3. The van der Waals surface area contributed by atoms with Gasteiger partial charge in [0.25, 0.3) is 0 Å². The molecule has 0 aliphatic rings. The standard InChI is InChI=1S/C21H20N2O2/c1-2-23(21(24)25-16-17-9-5-3-6-10-17)19-13-14-20(22-15-19)18-11-7-4-8-12-18/h3-15H,2,16H2,1H3. The lowest BCUT2D eigenvalue weighted by atomic mass is 10.1. The lowest BCUT2D eigenvalue weighted by Crippen LogP contribution is -2.31. The number of rotatable bonds is 5. The van der Waals surface area contributed by atoms with E-state index in [0.717, 1.165) is 22.5 Å². The summed E-state index contributed by atoms with van der Waals surface area (Å²) in [5, 5.41) is 0. The monoisotopic (exact) mass is 332 g/mol. The number of benzene rings is 2. The predicted octanol–water partition coefficient (Wildman–Crippen LogP) is 4.91. The first kappa shape index (κ1) is 16.7. The Labute approximate surface area is 147 Å². The smallest absolute Gasteiger partial charge is 0.414 e. The molecule has 2 aromatic carbocycles. The Morgan fingerprint density at radius 3 is 2.24 bits per heavy atom. The predicted molar refractivity (Wildman–Crippen MR) is 99.3 cm³/mol. The van der Waals surface area contributed by atoms with Crippen LogP contribution < -0.4 is 4.90 Å². The van der Waals surface area contributed by atoms with Gasteiger partial charge in [0.15, 0.2) is 0 Å². The van der Waals surface area contributed by atoms with Gasteiger partial charge in [-0.05, 0) is 24.6 Å². The molecule has 0 atom stereocenters. The van der Waals surface area contributed by atoms with Crippen LogP contribution in [0.25, 0.3) is 11.3 Å². The first-order valence-electron chi connectivity index (χ1n) is 8.27. The topological polar surface area (TPSA) is 42.4 Å². The summed E-state index contributed by atoms with van der Waals surface area (Å²) in [4.78, 5) is 18.4. The second-order valence-electron chi connectivity index (χ2n) is 5.55. The summed E-state index contributed by atoms with van der Waals surface area (Å²) in [6.45, 7) is 2.68. The van der Waals surface area contributed by atoms with Crippen LogP contribution in [-0.4, -0.2) is 17.6 Å². The van der Waals surface area contributed by atoms with E-state index in [2.05, 4.69) is 4.98 Å². The first-order valence-corrected chi connectivity index (χ1v) is 8.27. The number of pyridine rings is 1. The molecule has 25 heavy (non-hydrogen) atoms. The van der Waals surface area contributed by atoms with Crippen molar-refractivity contribution in [2.24, 2.45) is 0 Å². The number of carbonyl (C=O) groups excluding carboxylic acids is 1. The molecular formula is C21H20N2O2. The minimum atomic E-state index is -0.374. The van der Waals surface area contributed by atoms with Crippen molar-refractivity contribution >= 4 is 11.8 Å². The molecule has 0 unspecified atom stereocenters. The normalized spacial score (nSPS) is 10.3. The summed E-state index contributed by atoms with van der Waals surface area (Å²) < 4.78 is 5.41. The number of ether oxygens (including phenoxy) is 1. The molecule has 3 aromatic rings. The van der Waals surface area contributed by atoms with E-state index >= 15 is 0 Å². The molecule has 4 heteroatoms. The summed E-state index contributed by atoms with van der Waals surface area (Å²) in [5.41, 5.74) is 3.60. The third-order valence-corrected chi connectivity index (χ3v) is 3.87. The van der Waals surface area contributed by atoms with Crippen LogP contribution in [-0.2, 0) is 11.3 Å². The van der Waals surface area contributed by atoms with Gasteiger partial charge in [0, 0.05) is 12.1 Å². The minimum Gasteiger partial charge on any atom is -0.444 e. The van der Waals surface area contributed by atoms with Crippen molar-refractivity contribution in [3.63, 3.8) is 0 Å². The molecule has 0 saturated heterocycles. The van der Waals surface area contributed by atoms with E-state index in [4.69, 9.17) is 4.74 Å². The third kappa shape index (κ3) is 4.23.